The monoisotopic (exact) mass is 532 g/mol. The van der Waals surface area contributed by atoms with Crippen molar-refractivity contribution in [3.05, 3.63) is 89.2 Å². The summed E-state index contributed by atoms with van der Waals surface area (Å²) < 4.78 is 25.6. The van der Waals surface area contributed by atoms with Crippen LogP contribution in [0.15, 0.2) is 72.3 Å². The minimum Gasteiger partial charge on any atom is -0.507 e. The average molecular weight is 533 g/mol. The predicted octanol–water partition coefficient (Wildman–Crippen LogP) is 6.25. The number of hydrogen-bond donors (Lipinski definition) is 1. The number of aliphatic hydroxyl groups is 1. The number of carbonyl (C=O) groups excluding carboxylic acids is 2. The summed E-state index contributed by atoms with van der Waals surface area (Å²) in [4.78, 5) is 32.7. The van der Waals surface area contributed by atoms with Crippen molar-refractivity contribution >= 4 is 44.1 Å². The van der Waals surface area contributed by atoms with Crippen LogP contribution in [0.3, 0.4) is 0 Å². The van der Waals surface area contributed by atoms with Crippen LogP contribution in [-0.2, 0) is 9.59 Å². The lowest BCUT2D eigenvalue weighted by Gasteiger charge is -2.23. The van der Waals surface area contributed by atoms with E-state index in [1.807, 2.05) is 0 Å². The highest BCUT2D eigenvalue weighted by atomic mass is 32.1. The molecule has 0 bridgehead atoms. The highest BCUT2D eigenvalue weighted by molar-refractivity contribution is 7.22. The first kappa shape index (κ1) is 25.4. The smallest absolute Gasteiger partial charge is 0.301 e. The molecule has 1 aliphatic rings. The van der Waals surface area contributed by atoms with E-state index in [1.165, 1.54) is 40.5 Å². The molecule has 1 saturated heterocycles. The maximum Gasteiger partial charge on any atom is 0.301 e. The molecule has 3 aromatic carbocycles. The van der Waals surface area contributed by atoms with Gasteiger partial charge in [0.1, 0.15) is 23.1 Å². The first-order valence-corrected chi connectivity index (χ1v) is 13.0. The number of benzene rings is 3. The van der Waals surface area contributed by atoms with Gasteiger partial charge in [-0.15, -0.1) is 0 Å². The number of aliphatic hydroxyl groups excluding tert-OH is 1. The molecule has 7 nitrogen and oxygen atoms in total. The Bertz CT molecular complexity index is 1550. The third kappa shape index (κ3) is 4.72. The minimum atomic E-state index is -1.01. The summed E-state index contributed by atoms with van der Waals surface area (Å²) in [5.74, 6) is -1.33. The summed E-state index contributed by atoms with van der Waals surface area (Å²) in [6.07, 6.45) is 1.85. The Labute approximate surface area is 222 Å². The van der Waals surface area contributed by atoms with Gasteiger partial charge in [-0.2, -0.15) is 0 Å². The van der Waals surface area contributed by atoms with Crippen LogP contribution in [0.2, 0.25) is 0 Å². The van der Waals surface area contributed by atoms with Gasteiger partial charge >= 0.3 is 5.91 Å². The van der Waals surface area contributed by atoms with E-state index in [1.54, 1.807) is 49.6 Å². The van der Waals surface area contributed by atoms with Crippen LogP contribution >= 0.6 is 11.3 Å². The second-order valence-electron chi connectivity index (χ2n) is 8.78. The topological polar surface area (TPSA) is 89.0 Å². The quantitative estimate of drug-likeness (QED) is 0.125. The highest BCUT2D eigenvalue weighted by Gasteiger charge is 2.48. The number of ketones is 1. The zero-order valence-electron chi connectivity index (χ0n) is 20.8. The van der Waals surface area contributed by atoms with E-state index < -0.39 is 23.5 Å². The number of hydrogen-bond acceptors (Lipinski definition) is 7. The third-order valence-electron chi connectivity index (χ3n) is 6.29. The number of rotatable bonds is 8. The van der Waals surface area contributed by atoms with Crippen molar-refractivity contribution in [1.29, 1.82) is 0 Å². The molecule has 0 spiro atoms. The van der Waals surface area contributed by atoms with Gasteiger partial charge in [-0.25, -0.2) is 9.37 Å². The van der Waals surface area contributed by atoms with Crippen molar-refractivity contribution in [3.8, 4) is 11.5 Å². The van der Waals surface area contributed by atoms with Gasteiger partial charge in [0.2, 0.25) is 0 Å². The second-order valence-corrected chi connectivity index (χ2v) is 9.79. The number of fused-ring (bicyclic) bond motifs is 1. The summed E-state index contributed by atoms with van der Waals surface area (Å²) >= 11 is 1.22. The normalized spacial score (nSPS) is 16.8. The highest BCUT2D eigenvalue weighted by Crippen LogP contribution is 2.44. The van der Waals surface area contributed by atoms with E-state index in [9.17, 15) is 19.1 Å². The zero-order valence-corrected chi connectivity index (χ0v) is 21.6. The summed E-state index contributed by atoms with van der Waals surface area (Å²) in [7, 11) is 1.56. The molecule has 1 N–H and O–H groups in total. The van der Waals surface area contributed by atoms with Crippen LogP contribution in [0.5, 0.6) is 11.5 Å². The number of unbranched alkanes of at least 4 members (excludes halogenated alkanes) is 1. The van der Waals surface area contributed by atoms with Gasteiger partial charge in [0, 0.05) is 5.56 Å². The first-order chi connectivity index (χ1) is 18.4. The molecular formula is C29H25FN2O5S. The number of halogens is 1. The Hall–Kier alpha value is -4.24. The molecule has 5 rings (SSSR count). The van der Waals surface area contributed by atoms with Gasteiger partial charge in [-0.05, 0) is 54.4 Å². The van der Waals surface area contributed by atoms with Gasteiger partial charge in [-0.1, -0.05) is 48.9 Å². The molecule has 0 saturated carbocycles. The van der Waals surface area contributed by atoms with E-state index in [4.69, 9.17) is 9.47 Å². The summed E-state index contributed by atoms with van der Waals surface area (Å²) in [6, 6.07) is 16.5. The summed E-state index contributed by atoms with van der Waals surface area (Å²) in [6.45, 7) is 2.57. The molecule has 1 unspecified atom stereocenters. The molecule has 194 valence electrons. The number of carbonyl (C=O) groups is 2. The van der Waals surface area contributed by atoms with E-state index in [0.717, 1.165) is 17.5 Å². The number of Topliss-reactive ketones (excluding diaryl/α,β-unsaturated/α-hetero) is 1. The van der Waals surface area contributed by atoms with Gasteiger partial charge in [0.15, 0.2) is 5.13 Å². The van der Waals surface area contributed by atoms with Crippen LogP contribution in [-0.4, -0.2) is 35.5 Å². The third-order valence-corrected chi connectivity index (χ3v) is 7.31. The van der Waals surface area contributed by atoms with Gasteiger partial charge in [0.25, 0.3) is 5.78 Å². The minimum absolute atomic E-state index is 0.107. The lowest BCUT2D eigenvalue weighted by molar-refractivity contribution is -0.132. The SMILES string of the molecule is CCCCOc1cccc(/C(O)=C2\C(=O)C(=O)N(c3nc4ccc(OC)cc4s3)C2c2ccc(F)cc2)c1. The fraction of sp³-hybridized carbons (Fsp3) is 0.207. The van der Waals surface area contributed by atoms with Gasteiger partial charge < -0.3 is 14.6 Å². The molecule has 38 heavy (non-hydrogen) atoms. The van der Waals surface area contributed by atoms with Crippen molar-refractivity contribution in [3.63, 3.8) is 0 Å². The molecule has 2 heterocycles. The van der Waals surface area contributed by atoms with Crippen molar-refractivity contribution in [2.24, 2.45) is 0 Å². The molecule has 1 amide bonds. The first-order valence-electron chi connectivity index (χ1n) is 12.2. The number of anilines is 1. The lowest BCUT2D eigenvalue weighted by atomic mass is 9.95. The van der Waals surface area contributed by atoms with Crippen molar-refractivity contribution in [1.82, 2.24) is 4.98 Å². The summed E-state index contributed by atoms with van der Waals surface area (Å²) in [5.41, 5.74) is 1.31. The molecular weight excluding hydrogens is 507 g/mol. The Morgan fingerprint density at radius 1 is 1.08 bits per heavy atom. The van der Waals surface area contributed by atoms with Crippen molar-refractivity contribution in [2.75, 3.05) is 18.6 Å². The molecule has 4 aromatic rings. The van der Waals surface area contributed by atoms with Crippen LogP contribution in [0.25, 0.3) is 16.0 Å². The van der Waals surface area contributed by atoms with E-state index in [0.29, 0.717) is 34.7 Å². The number of ether oxygens (including phenoxy) is 2. The maximum atomic E-state index is 13.8. The second kappa shape index (κ2) is 10.6. The maximum absolute atomic E-state index is 13.8. The largest absolute Gasteiger partial charge is 0.507 e. The number of thiazole rings is 1. The van der Waals surface area contributed by atoms with Crippen molar-refractivity contribution < 1.29 is 28.6 Å². The van der Waals surface area contributed by atoms with Crippen LogP contribution in [0.4, 0.5) is 9.52 Å². The van der Waals surface area contributed by atoms with Crippen LogP contribution in [0, 0.1) is 5.82 Å². The predicted molar refractivity (Wildman–Crippen MR) is 144 cm³/mol. The number of aromatic nitrogens is 1. The van der Waals surface area contributed by atoms with Crippen LogP contribution in [0.1, 0.15) is 36.9 Å². The molecule has 0 radical (unpaired) electrons. The molecule has 1 fully saturated rings. The van der Waals surface area contributed by atoms with E-state index in [-0.39, 0.29) is 16.5 Å². The fourth-order valence-corrected chi connectivity index (χ4v) is 5.36. The molecule has 0 aliphatic carbocycles. The molecule has 1 atom stereocenters. The molecule has 1 aromatic heterocycles. The Balaban J connectivity index is 1.64. The summed E-state index contributed by atoms with van der Waals surface area (Å²) in [5, 5.41) is 11.7. The number of amides is 1. The molecule has 9 heteroatoms. The standard InChI is InChI=1S/C29H25FN2O5S/c1-3-4-14-37-21-7-5-6-18(15-21)26(33)24-25(17-8-10-19(30)11-9-17)32(28(35)27(24)34)29-31-22-13-12-20(36-2)16-23(22)38-29/h5-13,15-16,25,33H,3-4,14H2,1-2H3/b26-24+. The number of methoxy groups -OCH3 is 1. The van der Waals surface area contributed by atoms with E-state index in [2.05, 4.69) is 11.9 Å². The van der Waals surface area contributed by atoms with Gasteiger partial charge in [-0.3, -0.25) is 14.5 Å². The Morgan fingerprint density at radius 3 is 2.61 bits per heavy atom. The Kier molecular flexibility index (Phi) is 7.11. The fourth-order valence-electron chi connectivity index (χ4n) is 4.34. The lowest BCUT2D eigenvalue weighted by Crippen LogP contribution is -2.29. The molecule has 1 aliphatic heterocycles. The van der Waals surface area contributed by atoms with Gasteiger partial charge in [0.05, 0.1) is 35.5 Å². The van der Waals surface area contributed by atoms with Crippen LogP contribution < -0.4 is 14.4 Å². The van der Waals surface area contributed by atoms with E-state index >= 15 is 0 Å². The zero-order chi connectivity index (χ0) is 26.8. The Morgan fingerprint density at radius 2 is 1.87 bits per heavy atom. The van der Waals surface area contributed by atoms with Crippen molar-refractivity contribution in [2.45, 2.75) is 25.8 Å². The average Bonchev–Trinajstić information content (AvgIpc) is 3.46. The number of nitrogens with zero attached hydrogens (tertiary/aromatic N) is 2.